The number of rotatable bonds is 1. The van der Waals surface area contributed by atoms with Crippen LogP contribution in [0.5, 0.6) is 0 Å². The van der Waals surface area contributed by atoms with Gasteiger partial charge in [-0.2, -0.15) is 0 Å². The van der Waals surface area contributed by atoms with Crippen LogP contribution in [0.3, 0.4) is 0 Å². The van der Waals surface area contributed by atoms with E-state index in [-0.39, 0.29) is 0 Å². The van der Waals surface area contributed by atoms with Gasteiger partial charge in [-0.15, -0.1) is 0 Å². The minimum Gasteiger partial charge on any atom is -0.0619 e. The summed E-state index contributed by atoms with van der Waals surface area (Å²) in [6, 6.07) is 24.5. The summed E-state index contributed by atoms with van der Waals surface area (Å²) in [5, 5.41) is 0. The molecule has 21 heavy (non-hydrogen) atoms. The zero-order valence-electron chi connectivity index (χ0n) is 12.4. The van der Waals surface area contributed by atoms with Gasteiger partial charge in [-0.25, -0.2) is 0 Å². The number of fused-ring (bicyclic) bond motifs is 3. The summed E-state index contributed by atoms with van der Waals surface area (Å²) in [6.45, 7) is 4.38. The largest absolute Gasteiger partial charge is 0.0619 e. The Labute approximate surface area is 126 Å². The van der Waals surface area contributed by atoms with Gasteiger partial charge in [0.1, 0.15) is 0 Å². The molecule has 3 aromatic rings. The molecule has 0 spiro atoms. The van der Waals surface area contributed by atoms with Crippen molar-refractivity contribution < 1.29 is 0 Å². The minimum atomic E-state index is 0.372. The van der Waals surface area contributed by atoms with E-state index in [4.69, 9.17) is 0 Å². The Hall–Kier alpha value is -2.34. The lowest BCUT2D eigenvalue weighted by molar-refractivity contribution is 1.01. The maximum absolute atomic E-state index is 2.35. The normalized spacial score (nSPS) is 13.0. The van der Waals surface area contributed by atoms with Crippen molar-refractivity contribution in [2.45, 2.75) is 19.8 Å². The monoisotopic (exact) mass is 270 g/mol. The lowest BCUT2D eigenvalue weighted by atomic mass is 9.88. The van der Waals surface area contributed by atoms with Crippen molar-refractivity contribution in [3.05, 3.63) is 94.5 Å². The molecule has 1 aliphatic carbocycles. The molecular formula is C21H18. The fraction of sp³-hybridized carbons (Fsp3) is 0.143. The van der Waals surface area contributed by atoms with E-state index in [1.54, 1.807) is 0 Å². The molecule has 0 unspecified atom stereocenters. The zero-order chi connectivity index (χ0) is 14.4. The number of hydrogen-bond acceptors (Lipinski definition) is 0. The van der Waals surface area contributed by atoms with Crippen molar-refractivity contribution in [1.29, 1.82) is 0 Å². The van der Waals surface area contributed by atoms with Crippen molar-refractivity contribution in [1.82, 2.24) is 0 Å². The Balaban J connectivity index is 1.98. The average molecular weight is 270 g/mol. The lowest BCUT2D eigenvalue weighted by Crippen LogP contribution is -2.00. The molecule has 0 saturated carbocycles. The van der Waals surface area contributed by atoms with E-state index < -0.39 is 0 Å². The number of hydrogen-bond donors (Lipinski definition) is 0. The zero-order valence-corrected chi connectivity index (χ0v) is 12.4. The van der Waals surface area contributed by atoms with Gasteiger partial charge in [0.2, 0.25) is 0 Å². The van der Waals surface area contributed by atoms with Gasteiger partial charge < -0.3 is 0 Å². The average Bonchev–Trinajstić information content (AvgIpc) is 2.85. The van der Waals surface area contributed by atoms with Crippen molar-refractivity contribution in [2.75, 3.05) is 0 Å². The molecule has 1 aliphatic rings. The second kappa shape index (κ2) is 4.60. The van der Waals surface area contributed by atoms with E-state index in [1.807, 2.05) is 0 Å². The molecule has 0 bridgehead atoms. The first-order chi connectivity index (χ1) is 10.3. The molecule has 0 aliphatic heterocycles. The lowest BCUT2D eigenvalue weighted by Gasteiger charge is -2.15. The third-order valence-electron chi connectivity index (χ3n) is 4.70. The molecular weight excluding hydrogens is 252 g/mol. The highest BCUT2D eigenvalue weighted by atomic mass is 14.3. The molecule has 0 heteroatoms. The van der Waals surface area contributed by atoms with Crippen molar-refractivity contribution in [2.24, 2.45) is 0 Å². The predicted molar refractivity (Wildman–Crippen MR) is 88.7 cm³/mol. The highest BCUT2D eigenvalue weighted by Gasteiger charge is 2.29. The Kier molecular flexibility index (Phi) is 2.71. The van der Waals surface area contributed by atoms with E-state index in [0.717, 1.165) is 0 Å². The van der Waals surface area contributed by atoms with Crippen LogP contribution in [0.2, 0.25) is 0 Å². The topological polar surface area (TPSA) is 0 Å². The molecule has 0 saturated heterocycles. The Morgan fingerprint density at radius 3 is 1.76 bits per heavy atom. The van der Waals surface area contributed by atoms with Crippen LogP contribution in [0, 0.1) is 13.8 Å². The van der Waals surface area contributed by atoms with Gasteiger partial charge in [-0.05, 0) is 52.8 Å². The molecule has 0 radical (unpaired) electrons. The molecule has 0 heterocycles. The van der Waals surface area contributed by atoms with Crippen LogP contribution in [-0.2, 0) is 0 Å². The SMILES string of the molecule is Cc1ccc(C2c3ccccc3-c3ccccc32)cc1C. The third kappa shape index (κ3) is 1.83. The fourth-order valence-corrected chi connectivity index (χ4v) is 3.46. The van der Waals surface area contributed by atoms with Gasteiger partial charge in [0.25, 0.3) is 0 Å². The number of benzene rings is 3. The van der Waals surface area contributed by atoms with Crippen molar-refractivity contribution in [3.8, 4) is 11.1 Å². The summed E-state index contributed by atoms with van der Waals surface area (Å²) < 4.78 is 0. The van der Waals surface area contributed by atoms with Crippen LogP contribution >= 0.6 is 0 Å². The quantitative estimate of drug-likeness (QED) is 0.430. The van der Waals surface area contributed by atoms with Crippen LogP contribution in [0.15, 0.2) is 66.7 Å². The van der Waals surface area contributed by atoms with Crippen LogP contribution in [0.1, 0.15) is 33.7 Å². The minimum absolute atomic E-state index is 0.372. The highest BCUT2D eigenvalue weighted by molar-refractivity contribution is 5.80. The van der Waals surface area contributed by atoms with Crippen molar-refractivity contribution in [3.63, 3.8) is 0 Å². The summed E-state index contributed by atoms with van der Waals surface area (Å²) in [5.41, 5.74) is 9.76. The van der Waals surface area contributed by atoms with Gasteiger partial charge in [-0.1, -0.05) is 66.7 Å². The van der Waals surface area contributed by atoms with Gasteiger partial charge in [0.15, 0.2) is 0 Å². The van der Waals surface area contributed by atoms with E-state index >= 15 is 0 Å². The second-order valence-corrected chi connectivity index (χ2v) is 5.95. The van der Waals surface area contributed by atoms with Crippen LogP contribution in [0.25, 0.3) is 11.1 Å². The maximum atomic E-state index is 2.35. The van der Waals surface area contributed by atoms with E-state index in [1.165, 1.54) is 38.9 Å². The second-order valence-electron chi connectivity index (χ2n) is 5.95. The Morgan fingerprint density at radius 2 is 1.19 bits per heavy atom. The van der Waals surface area contributed by atoms with E-state index in [2.05, 4.69) is 80.6 Å². The molecule has 0 nitrogen and oxygen atoms in total. The summed E-state index contributed by atoms with van der Waals surface area (Å²) in [6.07, 6.45) is 0. The molecule has 0 amide bonds. The Morgan fingerprint density at radius 1 is 0.619 bits per heavy atom. The summed E-state index contributed by atoms with van der Waals surface area (Å²) in [5.74, 6) is 0.372. The smallest absolute Gasteiger partial charge is 0.0352 e. The van der Waals surface area contributed by atoms with Crippen LogP contribution in [0.4, 0.5) is 0 Å². The summed E-state index contributed by atoms with van der Waals surface area (Å²) in [7, 11) is 0. The molecule has 0 fully saturated rings. The highest BCUT2D eigenvalue weighted by Crippen LogP contribution is 2.47. The van der Waals surface area contributed by atoms with Gasteiger partial charge in [-0.3, -0.25) is 0 Å². The van der Waals surface area contributed by atoms with E-state index in [9.17, 15) is 0 Å². The molecule has 102 valence electrons. The van der Waals surface area contributed by atoms with Gasteiger partial charge in [0, 0.05) is 5.92 Å². The maximum Gasteiger partial charge on any atom is 0.0352 e. The molecule has 4 rings (SSSR count). The molecule has 0 atom stereocenters. The predicted octanol–water partition coefficient (Wildman–Crippen LogP) is 5.46. The number of aryl methyl sites for hydroxylation is 2. The standard InChI is InChI=1S/C21H18/c1-14-11-12-16(13-15(14)2)21-19-9-5-3-7-17(19)18-8-4-6-10-20(18)21/h3-13,21H,1-2H3. The first kappa shape index (κ1) is 12.4. The fourth-order valence-electron chi connectivity index (χ4n) is 3.46. The first-order valence-corrected chi connectivity index (χ1v) is 7.51. The van der Waals surface area contributed by atoms with Crippen LogP contribution < -0.4 is 0 Å². The van der Waals surface area contributed by atoms with Crippen LogP contribution in [-0.4, -0.2) is 0 Å². The first-order valence-electron chi connectivity index (χ1n) is 7.51. The molecule has 3 aromatic carbocycles. The van der Waals surface area contributed by atoms with E-state index in [0.29, 0.717) is 5.92 Å². The molecule has 0 N–H and O–H groups in total. The third-order valence-corrected chi connectivity index (χ3v) is 4.70. The van der Waals surface area contributed by atoms with Gasteiger partial charge in [0.05, 0.1) is 0 Å². The summed E-state index contributed by atoms with van der Waals surface area (Å²) >= 11 is 0. The summed E-state index contributed by atoms with van der Waals surface area (Å²) in [4.78, 5) is 0. The molecule has 0 aromatic heterocycles. The van der Waals surface area contributed by atoms with Crippen molar-refractivity contribution >= 4 is 0 Å². The van der Waals surface area contributed by atoms with Gasteiger partial charge >= 0.3 is 0 Å². The Bertz CT molecular complexity index is 781.